The second-order valence-electron chi connectivity index (χ2n) is 2.41. The molecular formula is C7H4Br2F3NO. The van der Waals surface area contributed by atoms with Crippen molar-refractivity contribution in [3.05, 3.63) is 20.8 Å². The number of hydrogen-bond donors (Lipinski definition) is 0. The van der Waals surface area contributed by atoms with Gasteiger partial charge in [0.15, 0.2) is 0 Å². The molecule has 14 heavy (non-hydrogen) atoms. The van der Waals surface area contributed by atoms with Crippen LogP contribution in [-0.4, -0.2) is 11.3 Å². The summed E-state index contributed by atoms with van der Waals surface area (Å²) in [6.07, 6.45) is -4.70. The van der Waals surface area contributed by atoms with Crippen LogP contribution in [-0.2, 0) is 0 Å². The Morgan fingerprint density at radius 1 is 1.36 bits per heavy atom. The Labute approximate surface area is 94.7 Å². The summed E-state index contributed by atoms with van der Waals surface area (Å²) in [5.41, 5.74) is 0.430. The zero-order chi connectivity index (χ0) is 10.9. The molecule has 0 bridgehead atoms. The fourth-order valence-electron chi connectivity index (χ4n) is 0.790. The van der Waals surface area contributed by atoms with Crippen molar-refractivity contribution < 1.29 is 17.9 Å². The number of halogens is 5. The zero-order valence-electron chi connectivity index (χ0n) is 6.82. The van der Waals surface area contributed by atoms with Crippen molar-refractivity contribution in [2.24, 2.45) is 0 Å². The lowest BCUT2D eigenvalue weighted by molar-refractivity contribution is -0.274. The standard InChI is InChI=1S/C7H4Br2F3NO/c1-3-2-4(14-7(10,11)12)5(8)6(9)13-3/h2H,1H3. The minimum absolute atomic E-state index is 0.139. The molecule has 0 aliphatic rings. The molecule has 0 atom stereocenters. The topological polar surface area (TPSA) is 22.1 Å². The van der Waals surface area contributed by atoms with E-state index in [1.165, 1.54) is 6.07 Å². The average molecular weight is 335 g/mol. The molecule has 0 N–H and O–H groups in total. The molecule has 0 unspecified atom stereocenters. The number of pyridine rings is 1. The molecule has 78 valence electrons. The molecule has 1 heterocycles. The van der Waals surface area contributed by atoms with Gasteiger partial charge in [-0.05, 0) is 38.8 Å². The molecule has 0 saturated heterocycles. The van der Waals surface area contributed by atoms with Crippen LogP contribution < -0.4 is 4.74 Å². The lowest BCUT2D eigenvalue weighted by Gasteiger charge is -2.11. The summed E-state index contributed by atoms with van der Waals surface area (Å²) in [5.74, 6) is -0.308. The highest BCUT2D eigenvalue weighted by Crippen LogP contribution is 2.35. The Morgan fingerprint density at radius 2 is 1.93 bits per heavy atom. The first-order valence-electron chi connectivity index (χ1n) is 3.38. The number of rotatable bonds is 1. The van der Waals surface area contributed by atoms with Crippen LogP contribution in [0.25, 0.3) is 0 Å². The number of ether oxygens (including phenoxy) is 1. The molecule has 0 aliphatic carbocycles. The van der Waals surface area contributed by atoms with Crippen molar-refractivity contribution in [3.8, 4) is 5.75 Å². The SMILES string of the molecule is Cc1cc(OC(F)(F)F)c(Br)c(Br)n1. The minimum atomic E-state index is -4.70. The van der Waals surface area contributed by atoms with E-state index in [-0.39, 0.29) is 14.8 Å². The Balaban J connectivity index is 3.09. The highest BCUT2D eigenvalue weighted by molar-refractivity contribution is 9.13. The van der Waals surface area contributed by atoms with Crippen LogP contribution in [0.2, 0.25) is 0 Å². The molecule has 0 spiro atoms. The zero-order valence-corrected chi connectivity index (χ0v) is 9.99. The second kappa shape index (κ2) is 4.06. The van der Waals surface area contributed by atoms with E-state index in [9.17, 15) is 13.2 Å². The Kier molecular flexibility index (Phi) is 3.41. The van der Waals surface area contributed by atoms with Gasteiger partial charge in [0.05, 0.1) is 4.47 Å². The summed E-state index contributed by atoms with van der Waals surface area (Å²) in [7, 11) is 0. The van der Waals surface area contributed by atoms with Gasteiger partial charge in [-0.15, -0.1) is 13.2 Å². The van der Waals surface area contributed by atoms with Crippen molar-refractivity contribution in [1.29, 1.82) is 0 Å². The van der Waals surface area contributed by atoms with E-state index in [2.05, 4.69) is 41.6 Å². The van der Waals surface area contributed by atoms with E-state index in [0.29, 0.717) is 5.69 Å². The van der Waals surface area contributed by atoms with Crippen LogP contribution in [0.15, 0.2) is 15.1 Å². The van der Waals surface area contributed by atoms with Gasteiger partial charge in [-0.2, -0.15) is 0 Å². The van der Waals surface area contributed by atoms with Gasteiger partial charge >= 0.3 is 6.36 Å². The van der Waals surface area contributed by atoms with Crippen LogP contribution in [0.4, 0.5) is 13.2 Å². The van der Waals surface area contributed by atoms with Gasteiger partial charge in [-0.1, -0.05) is 0 Å². The van der Waals surface area contributed by atoms with E-state index in [0.717, 1.165) is 0 Å². The normalized spacial score (nSPS) is 11.6. The number of aromatic nitrogens is 1. The fourth-order valence-corrected chi connectivity index (χ4v) is 1.55. The average Bonchev–Trinajstić information content (AvgIpc) is 1.96. The number of aryl methyl sites for hydroxylation is 1. The van der Waals surface area contributed by atoms with Crippen molar-refractivity contribution in [2.75, 3.05) is 0 Å². The van der Waals surface area contributed by atoms with Crippen LogP contribution in [0.1, 0.15) is 5.69 Å². The minimum Gasteiger partial charge on any atom is -0.404 e. The predicted molar refractivity (Wildman–Crippen MR) is 51.1 cm³/mol. The molecule has 0 fully saturated rings. The van der Waals surface area contributed by atoms with Crippen LogP contribution in [0, 0.1) is 6.92 Å². The molecule has 0 aromatic carbocycles. The van der Waals surface area contributed by atoms with E-state index in [1.807, 2.05) is 0 Å². The summed E-state index contributed by atoms with van der Waals surface area (Å²) in [6, 6.07) is 1.20. The third-order valence-electron chi connectivity index (χ3n) is 1.24. The molecule has 0 radical (unpaired) electrons. The van der Waals surface area contributed by atoms with Gasteiger partial charge in [-0.25, -0.2) is 4.98 Å². The molecule has 0 aliphatic heterocycles. The van der Waals surface area contributed by atoms with E-state index in [4.69, 9.17) is 0 Å². The largest absolute Gasteiger partial charge is 0.573 e. The van der Waals surface area contributed by atoms with Crippen molar-refractivity contribution >= 4 is 31.9 Å². The lowest BCUT2D eigenvalue weighted by Crippen LogP contribution is -2.17. The molecule has 1 aromatic rings. The maximum absolute atomic E-state index is 11.9. The first-order valence-corrected chi connectivity index (χ1v) is 4.96. The molecule has 0 saturated carbocycles. The van der Waals surface area contributed by atoms with Crippen molar-refractivity contribution in [3.63, 3.8) is 0 Å². The van der Waals surface area contributed by atoms with Gasteiger partial charge in [0.25, 0.3) is 0 Å². The van der Waals surface area contributed by atoms with Crippen LogP contribution >= 0.6 is 31.9 Å². The summed E-state index contributed by atoms with van der Waals surface area (Å²) in [5, 5.41) is 0. The van der Waals surface area contributed by atoms with Gasteiger partial charge in [0, 0.05) is 11.8 Å². The Bertz CT molecular complexity index is 354. The first kappa shape index (κ1) is 11.8. The van der Waals surface area contributed by atoms with Gasteiger partial charge in [-0.3, -0.25) is 0 Å². The van der Waals surface area contributed by atoms with E-state index < -0.39 is 6.36 Å². The summed E-state index contributed by atoms with van der Waals surface area (Å²) in [6.45, 7) is 1.57. The van der Waals surface area contributed by atoms with E-state index >= 15 is 0 Å². The smallest absolute Gasteiger partial charge is 0.404 e. The molecule has 1 rings (SSSR count). The van der Waals surface area contributed by atoms with Crippen molar-refractivity contribution in [2.45, 2.75) is 13.3 Å². The predicted octanol–water partition coefficient (Wildman–Crippen LogP) is 3.81. The summed E-state index contributed by atoms with van der Waals surface area (Å²) < 4.78 is 39.9. The number of alkyl halides is 3. The third-order valence-corrected chi connectivity index (χ3v) is 3.11. The quantitative estimate of drug-likeness (QED) is 0.728. The third kappa shape index (κ3) is 3.13. The Morgan fingerprint density at radius 3 is 2.43 bits per heavy atom. The highest BCUT2D eigenvalue weighted by atomic mass is 79.9. The maximum Gasteiger partial charge on any atom is 0.573 e. The fraction of sp³-hybridized carbons (Fsp3) is 0.286. The second-order valence-corrected chi connectivity index (χ2v) is 3.96. The van der Waals surface area contributed by atoms with Crippen molar-refractivity contribution in [1.82, 2.24) is 4.98 Å². The molecule has 2 nitrogen and oxygen atoms in total. The lowest BCUT2D eigenvalue weighted by atomic mass is 10.4. The van der Waals surface area contributed by atoms with Gasteiger partial charge < -0.3 is 4.74 Å². The van der Waals surface area contributed by atoms with Crippen LogP contribution in [0.3, 0.4) is 0 Å². The molecule has 1 aromatic heterocycles. The van der Waals surface area contributed by atoms with Gasteiger partial charge in [0.2, 0.25) is 0 Å². The number of nitrogens with zero attached hydrogens (tertiary/aromatic N) is 1. The maximum atomic E-state index is 11.9. The number of hydrogen-bond acceptors (Lipinski definition) is 2. The highest BCUT2D eigenvalue weighted by Gasteiger charge is 2.32. The first-order chi connectivity index (χ1) is 6.29. The van der Waals surface area contributed by atoms with Crippen LogP contribution in [0.5, 0.6) is 5.75 Å². The van der Waals surface area contributed by atoms with Gasteiger partial charge in [0.1, 0.15) is 10.4 Å². The molecule has 7 heteroatoms. The molecule has 0 amide bonds. The summed E-state index contributed by atoms with van der Waals surface area (Å²) >= 11 is 5.93. The van der Waals surface area contributed by atoms with E-state index in [1.54, 1.807) is 6.92 Å². The summed E-state index contributed by atoms with van der Waals surface area (Å²) in [4.78, 5) is 3.89. The monoisotopic (exact) mass is 333 g/mol. The Hall–Kier alpha value is -0.300. The molecular weight excluding hydrogens is 331 g/mol.